The van der Waals surface area contributed by atoms with E-state index < -0.39 is 5.97 Å². The van der Waals surface area contributed by atoms with Crippen molar-refractivity contribution in [3.05, 3.63) is 24.2 Å². The number of hydrogen-bond donors (Lipinski definition) is 1. The second-order valence-electron chi connectivity index (χ2n) is 2.63. The van der Waals surface area contributed by atoms with Gasteiger partial charge in [0.05, 0.1) is 12.0 Å². The fourth-order valence-corrected chi connectivity index (χ4v) is 1.85. The summed E-state index contributed by atoms with van der Waals surface area (Å²) in [6.07, 6.45) is 2.23. The van der Waals surface area contributed by atoms with Crippen LogP contribution in [0, 0.1) is 0 Å². The summed E-state index contributed by atoms with van der Waals surface area (Å²) in [5, 5.41) is 8.42. The molecule has 1 heterocycles. The molecule has 1 aromatic rings. The van der Waals surface area contributed by atoms with E-state index >= 15 is 0 Å². The van der Waals surface area contributed by atoms with Gasteiger partial charge in [-0.1, -0.05) is 6.92 Å². The molecule has 0 aliphatic heterocycles. The second kappa shape index (κ2) is 4.97. The van der Waals surface area contributed by atoms with Crippen molar-refractivity contribution in [2.75, 3.05) is 0 Å². The van der Waals surface area contributed by atoms with Crippen molar-refractivity contribution >= 4 is 17.7 Å². The van der Waals surface area contributed by atoms with Crippen LogP contribution in [0.2, 0.25) is 0 Å². The van der Waals surface area contributed by atoms with Crippen molar-refractivity contribution < 1.29 is 14.3 Å². The minimum atomic E-state index is -0.751. The SMILES string of the molecule is CCC(SCc1ccco1)C(=O)O. The quantitative estimate of drug-likeness (QED) is 0.792. The second-order valence-corrected chi connectivity index (χ2v) is 3.82. The van der Waals surface area contributed by atoms with Gasteiger partial charge in [-0.05, 0) is 18.6 Å². The first-order chi connectivity index (χ1) is 6.24. The molecular formula is C9H12O3S. The Morgan fingerprint density at radius 1 is 1.77 bits per heavy atom. The van der Waals surface area contributed by atoms with Gasteiger partial charge in [-0.2, -0.15) is 0 Å². The van der Waals surface area contributed by atoms with Crippen molar-refractivity contribution in [2.24, 2.45) is 0 Å². The molecule has 4 heteroatoms. The van der Waals surface area contributed by atoms with Crippen LogP contribution in [0.4, 0.5) is 0 Å². The van der Waals surface area contributed by atoms with E-state index in [1.165, 1.54) is 11.8 Å². The van der Waals surface area contributed by atoms with Crippen LogP contribution in [0.5, 0.6) is 0 Å². The molecule has 3 nitrogen and oxygen atoms in total. The van der Waals surface area contributed by atoms with E-state index in [0.29, 0.717) is 12.2 Å². The van der Waals surface area contributed by atoms with E-state index in [9.17, 15) is 4.79 Å². The van der Waals surface area contributed by atoms with Crippen LogP contribution in [0.25, 0.3) is 0 Å². The lowest BCUT2D eigenvalue weighted by Gasteiger charge is -2.06. The average molecular weight is 200 g/mol. The molecule has 1 N–H and O–H groups in total. The normalized spacial score (nSPS) is 12.7. The highest BCUT2D eigenvalue weighted by Crippen LogP contribution is 2.20. The molecule has 0 radical (unpaired) electrons. The lowest BCUT2D eigenvalue weighted by molar-refractivity contribution is -0.136. The van der Waals surface area contributed by atoms with Gasteiger partial charge in [0.25, 0.3) is 0 Å². The number of rotatable bonds is 5. The van der Waals surface area contributed by atoms with Crippen molar-refractivity contribution in [1.29, 1.82) is 0 Å². The van der Waals surface area contributed by atoms with E-state index in [1.54, 1.807) is 12.3 Å². The lowest BCUT2D eigenvalue weighted by atomic mass is 10.3. The Hall–Kier alpha value is -0.900. The van der Waals surface area contributed by atoms with Crippen LogP contribution in [-0.4, -0.2) is 16.3 Å². The highest BCUT2D eigenvalue weighted by Gasteiger charge is 2.15. The number of carboxylic acid groups (broad SMARTS) is 1. The Bertz CT molecular complexity index is 256. The number of hydrogen-bond acceptors (Lipinski definition) is 3. The third kappa shape index (κ3) is 3.14. The number of thioether (sulfide) groups is 1. The van der Waals surface area contributed by atoms with Crippen molar-refractivity contribution in [1.82, 2.24) is 0 Å². The largest absolute Gasteiger partial charge is 0.480 e. The van der Waals surface area contributed by atoms with Gasteiger partial charge in [-0.25, -0.2) is 0 Å². The van der Waals surface area contributed by atoms with Crippen LogP contribution >= 0.6 is 11.8 Å². The molecule has 0 spiro atoms. The summed E-state index contributed by atoms with van der Waals surface area (Å²) < 4.78 is 5.09. The van der Waals surface area contributed by atoms with Gasteiger partial charge in [0.15, 0.2) is 0 Å². The number of carboxylic acids is 1. The maximum Gasteiger partial charge on any atom is 0.316 e. The maximum atomic E-state index is 10.6. The van der Waals surface area contributed by atoms with Crippen molar-refractivity contribution in [3.8, 4) is 0 Å². The fraction of sp³-hybridized carbons (Fsp3) is 0.444. The first-order valence-electron chi connectivity index (χ1n) is 4.10. The molecule has 0 aliphatic rings. The molecule has 0 aliphatic carbocycles. The number of furan rings is 1. The minimum absolute atomic E-state index is 0.329. The Kier molecular flexibility index (Phi) is 3.89. The van der Waals surface area contributed by atoms with Crippen molar-refractivity contribution in [2.45, 2.75) is 24.3 Å². The summed E-state index contributed by atoms with van der Waals surface area (Å²) in [4.78, 5) is 10.6. The maximum absolute atomic E-state index is 10.6. The predicted molar refractivity (Wildman–Crippen MR) is 51.7 cm³/mol. The summed E-state index contributed by atoms with van der Waals surface area (Å²) in [6.45, 7) is 1.87. The molecule has 0 bridgehead atoms. The van der Waals surface area contributed by atoms with E-state index in [0.717, 1.165) is 5.76 Å². The average Bonchev–Trinajstić information content (AvgIpc) is 2.57. The zero-order chi connectivity index (χ0) is 9.68. The first kappa shape index (κ1) is 10.2. The minimum Gasteiger partial charge on any atom is -0.480 e. The van der Waals surface area contributed by atoms with Crippen molar-refractivity contribution in [3.63, 3.8) is 0 Å². The van der Waals surface area contributed by atoms with E-state index in [2.05, 4.69) is 0 Å². The predicted octanol–water partition coefficient (Wildman–Crippen LogP) is 2.38. The highest BCUT2D eigenvalue weighted by atomic mass is 32.2. The van der Waals surface area contributed by atoms with E-state index in [-0.39, 0.29) is 5.25 Å². The van der Waals surface area contributed by atoms with Crippen LogP contribution in [-0.2, 0) is 10.5 Å². The van der Waals surface area contributed by atoms with Gasteiger partial charge >= 0.3 is 5.97 Å². The molecule has 1 atom stereocenters. The molecule has 1 aromatic heterocycles. The third-order valence-electron chi connectivity index (χ3n) is 1.65. The van der Waals surface area contributed by atoms with E-state index in [4.69, 9.17) is 9.52 Å². The molecule has 0 aromatic carbocycles. The number of carbonyl (C=O) groups is 1. The monoisotopic (exact) mass is 200 g/mol. The van der Waals surface area contributed by atoms with Crippen LogP contribution in [0.15, 0.2) is 22.8 Å². The lowest BCUT2D eigenvalue weighted by Crippen LogP contribution is -2.14. The van der Waals surface area contributed by atoms with Gasteiger partial charge in [0, 0.05) is 0 Å². The van der Waals surface area contributed by atoms with E-state index in [1.807, 2.05) is 13.0 Å². The molecule has 0 saturated heterocycles. The third-order valence-corrected chi connectivity index (χ3v) is 3.04. The zero-order valence-corrected chi connectivity index (χ0v) is 8.21. The Morgan fingerprint density at radius 3 is 3.00 bits per heavy atom. The Balaban J connectivity index is 2.36. The Labute approximate surface area is 81.1 Å². The fourth-order valence-electron chi connectivity index (χ4n) is 0.941. The smallest absolute Gasteiger partial charge is 0.316 e. The Morgan fingerprint density at radius 2 is 2.54 bits per heavy atom. The zero-order valence-electron chi connectivity index (χ0n) is 7.40. The van der Waals surface area contributed by atoms with Gasteiger partial charge < -0.3 is 9.52 Å². The van der Waals surface area contributed by atoms with Gasteiger partial charge in [-0.15, -0.1) is 11.8 Å². The van der Waals surface area contributed by atoms with Gasteiger partial charge in [0.1, 0.15) is 11.0 Å². The summed E-state index contributed by atoms with van der Waals surface area (Å²) >= 11 is 1.39. The molecule has 1 unspecified atom stereocenters. The summed E-state index contributed by atoms with van der Waals surface area (Å²) in [5.74, 6) is 0.696. The van der Waals surface area contributed by atoms with Crippen LogP contribution < -0.4 is 0 Å². The molecule has 13 heavy (non-hydrogen) atoms. The molecular weight excluding hydrogens is 188 g/mol. The summed E-state index contributed by atoms with van der Waals surface area (Å²) in [6, 6.07) is 3.65. The standard InChI is InChI=1S/C9H12O3S/c1-2-8(9(10)11)13-6-7-4-3-5-12-7/h3-5,8H,2,6H2,1H3,(H,10,11). The summed E-state index contributed by atoms with van der Waals surface area (Å²) in [5.41, 5.74) is 0. The first-order valence-corrected chi connectivity index (χ1v) is 5.15. The van der Waals surface area contributed by atoms with Gasteiger partial charge in [0.2, 0.25) is 0 Å². The topological polar surface area (TPSA) is 50.4 Å². The molecule has 72 valence electrons. The van der Waals surface area contributed by atoms with Crippen LogP contribution in [0.3, 0.4) is 0 Å². The highest BCUT2D eigenvalue weighted by molar-refractivity contribution is 7.99. The molecule has 1 rings (SSSR count). The number of aliphatic carboxylic acids is 1. The van der Waals surface area contributed by atoms with Crippen LogP contribution in [0.1, 0.15) is 19.1 Å². The summed E-state index contributed by atoms with van der Waals surface area (Å²) in [7, 11) is 0. The molecule has 0 saturated carbocycles. The molecule has 0 amide bonds. The molecule has 0 fully saturated rings. The van der Waals surface area contributed by atoms with Gasteiger partial charge in [-0.3, -0.25) is 4.79 Å².